The van der Waals surface area contributed by atoms with Crippen molar-refractivity contribution in [3.8, 4) is 0 Å². The Bertz CT molecular complexity index is 1140. The number of nitrogens with zero attached hydrogens (tertiary/aromatic N) is 4. The van der Waals surface area contributed by atoms with E-state index in [1.54, 1.807) is 18.7 Å². The van der Waals surface area contributed by atoms with Crippen LogP contribution >= 0.6 is 0 Å². The van der Waals surface area contributed by atoms with Crippen LogP contribution in [-0.4, -0.2) is 38.5 Å². The molecule has 0 spiro atoms. The smallest absolute Gasteiger partial charge is 0.329 e. The Kier molecular flexibility index (Phi) is 5.85. The van der Waals surface area contributed by atoms with Gasteiger partial charge in [0.25, 0.3) is 5.56 Å². The van der Waals surface area contributed by atoms with E-state index in [-0.39, 0.29) is 11.2 Å². The molecule has 0 atom stereocenters. The van der Waals surface area contributed by atoms with E-state index in [9.17, 15) is 9.59 Å². The van der Waals surface area contributed by atoms with Gasteiger partial charge in [-0.1, -0.05) is 36.4 Å². The summed E-state index contributed by atoms with van der Waals surface area (Å²) < 4.78 is 8.06. The minimum absolute atomic E-state index is 0.278. The molecule has 0 saturated heterocycles. The number of hydrazone groups is 1. The summed E-state index contributed by atoms with van der Waals surface area (Å²) in [5, 5.41) is 4.31. The second kappa shape index (κ2) is 8.49. The highest BCUT2D eigenvalue weighted by Gasteiger charge is 2.16. The third-order valence-corrected chi connectivity index (χ3v) is 4.17. The Labute approximate surface area is 161 Å². The number of H-pyrrole nitrogens is 1. The number of imidazole rings is 1. The first-order valence-corrected chi connectivity index (χ1v) is 8.73. The van der Waals surface area contributed by atoms with E-state index >= 15 is 0 Å². The maximum Gasteiger partial charge on any atom is 0.329 e. The molecule has 0 unspecified atom stereocenters. The number of hydrogen-bond acceptors (Lipinski definition) is 6. The molecule has 3 rings (SSSR count). The van der Waals surface area contributed by atoms with Crippen molar-refractivity contribution < 1.29 is 4.74 Å². The molecule has 0 aliphatic carbocycles. The predicted molar refractivity (Wildman–Crippen MR) is 110 cm³/mol. The molecule has 9 nitrogen and oxygen atoms in total. The van der Waals surface area contributed by atoms with Crippen molar-refractivity contribution in [1.82, 2.24) is 19.1 Å². The number of rotatable bonds is 7. The number of aromatic amines is 1. The lowest BCUT2D eigenvalue weighted by molar-refractivity contribution is 0.188. The Morgan fingerprint density at radius 2 is 2.07 bits per heavy atom. The normalized spacial score (nSPS) is 12.2. The SMILES string of the molecule is COCCn1c(NN=C(C)C=Cc2ccccc2)nc2c1c(=O)[nH]c(=O)n2C. The van der Waals surface area contributed by atoms with Gasteiger partial charge in [0.05, 0.1) is 12.3 Å². The summed E-state index contributed by atoms with van der Waals surface area (Å²) in [5.41, 5.74) is 4.21. The van der Waals surface area contributed by atoms with Crippen molar-refractivity contribution in [2.45, 2.75) is 13.5 Å². The summed E-state index contributed by atoms with van der Waals surface area (Å²) in [6.07, 6.45) is 3.82. The van der Waals surface area contributed by atoms with Crippen LogP contribution < -0.4 is 16.7 Å². The van der Waals surface area contributed by atoms with Gasteiger partial charge in [-0.3, -0.25) is 14.3 Å². The van der Waals surface area contributed by atoms with E-state index in [2.05, 4.69) is 20.5 Å². The average molecular weight is 382 g/mol. The largest absolute Gasteiger partial charge is 0.383 e. The van der Waals surface area contributed by atoms with Crippen LogP contribution in [0.4, 0.5) is 5.95 Å². The summed E-state index contributed by atoms with van der Waals surface area (Å²) in [7, 11) is 3.12. The van der Waals surface area contributed by atoms with Crippen LogP contribution in [0.5, 0.6) is 0 Å². The number of allylic oxidation sites excluding steroid dienone is 1. The van der Waals surface area contributed by atoms with Gasteiger partial charge in [0, 0.05) is 20.7 Å². The van der Waals surface area contributed by atoms with Gasteiger partial charge in [0.2, 0.25) is 5.95 Å². The number of hydrogen-bond donors (Lipinski definition) is 2. The molecule has 3 aromatic rings. The molecular weight excluding hydrogens is 360 g/mol. The van der Waals surface area contributed by atoms with Gasteiger partial charge in [-0.15, -0.1) is 0 Å². The summed E-state index contributed by atoms with van der Waals surface area (Å²) >= 11 is 0. The molecule has 2 aromatic heterocycles. The maximum absolute atomic E-state index is 12.3. The molecule has 0 aliphatic heterocycles. The van der Waals surface area contributed by atoms with Gasteiger partial charge in [-0.2, -0.15) is 10.1 Å². The van der Waals surface area contributed by atoms with Crippen LogP contribution in [0.1, 0.15) is 12.5 Å². The lowest BCUT2D eigenvalue weighted by Crippen LogP contribution is -2.29. The van der Waals surface area contributed by atoms with Crippen molar-refractivity contribution in [2.75, 3.05) is 19.1 Å². The Hall–Kier alpha value is -3.46. The van der Waals surface area contributed by atoms with Crippen LogP contribution in [0, 0.1) is 0 Å². The number of nitrogens with one attached hydrogen (secondary N) is 2. The molecule has 1 aromatic carbocycles. The molecule has 146 valence electrons. The fourth-order valence-corrected chi connectivity index (χ4v) is 2.68. The Morgan fingerprint density at radius 3 is 2.79 bits per heavy atom. The molecule has 0 radical (unpaired) electrons. The molecule has 0 amide bonds. The molecule has 9 heteroatoms. The van der Waals surface area contributed by atoms with Gasteiger partial charge >= 0.3 is 5.69 Å². The van der Waals surface area contributed by atoms with Gasteiger partial charge in [-0.05, 0) is 18.6 Å². The maximum atomic E-state index is 12.3. The van der Waals surface area contributed by atoms with E-state index in [1.165, 1.54) is 4.57 Å². The van der Waals surface area contributed by atoms with E-state index in [0.717, 1.165) is 11.3 Å². The highest BCUT2D eigenvalue weighted by Crippen LogP contribution is 2.15. The zero-order chi connectivity index (χ0) is 20.1. The molecule has 0 aliphatic rings. The number of aryl methyl sites for hydroxylation is 1. The van der Waals surface area contributed by atoms with E-state index in [4.69, 9.17) is 4.74 Å². The second-order valence-corrected chi connectivity index (χ2v) is 6.18. The fraction of sp³-hybridized carbons (Fsp3) is 0.263. The van der Waals surface area contributed by atoms with Gasteiger partial charge in [-0.25, -0.2) is 10.2 Å². The molecular formula is C19H22N6O3. The van der Waals surface area contributed by atoms with Crippen LogP contribution in [0.25, 0.3) is 17.2 Å². The molecule has 2 heterocycles. The summed E-state index contributed by atoms with van der Waals surface area (Å²) in [5.74, 6) is 0.353. The van der Waals surface area contributed by atoms with Crippen molar-refractivity contribution in [2.24, 2.45) is 12.1 Å². The van der Waals surface area contributed by atoms with E-state index in [1.807, 2.05) is 49.4 Å². The Balaban J connectivity index is 1.94. The minimum atomic E-state index is -0.522. The second-order valence-electron chi connectivity index (χ2n) is 6.18. The van der Waals surface area contributed by atoms with Crippen molar-refractivity contribution in [3.63, 3.8) is 0 Å². The number of anilines is 1. The van der Waals surface area contributed by atoms with Gasteiger partial charge < -0.3 is 9.30 Å². The highest BCUT2D eigenvalue weighted by atomic mass is 16.5. The molecule has 28 heavy (non-hydrogen) atoms. The Morgan fingerprint density at radius 1 is 1.32 bits per heavy atom. The summed E-state index contributed by atoms with van der Waals surface area (Å²) in [6, 6.07) is 9.87. The highest BCUT2D eigenvalue weighted by molar-refractivity contribution is 5.96. The lowest BCUT2D eigenvalue weighted by atomic mass is 10.2. The number of fused-ring (bicyclic) bond motifs is 1. The number of benzene rings is 1. The minimum Gasteiger partial charge on any atom is -0.383 e. The van der Waals surface area contributed by atoms with Crippen molar-refractivity contribution in [1.29, 1.82) is 0 Å². The van der Waals surface area contributed by atoms with E-state index < -0.39 is 11.2 Å². The third kappa shape index (κ3) is 4.09. The number of aromatic nitrogens is 4. The molecule has 0 fully saturated rings. The lowest BCUT2D eigenvalue weighted by Gasteiger charge is -2.07. The summed E-state index contributed by atoms with van der Waals surface area (Å²) in [4.78, 5) is 30.8. The first kappa shape index (κ1) is 19.3. The van der Waals surface area contributed by atoms with Gasteiger partial charge in [0.15, 0.2) is 11.2 Å². The van der Waals surface area contributed by atoms with Crippen LogP contribution in [0.2, 0.25) is 0 Å². The van der Waals surface area contributed by atoms with Crippen molar-refractivity contribution in [3.05, 3.63) is 62.8 Å². The topological polar surface area (TPSA) is 106 Å². The van der Waals surface area contributed by atoms with Crippen LogP contribution in [-0.2, 0) is 18.3 Å². The third-order valence-electron chi connectivity index (χ3n) is 4.17. The van der Waals surface area contributed by atoms with E-state index in [0.29, 0.717) is 19.1 Å². The first-order valence-electron chi connectivity index (χ1n) is 8.73. The molecule has 0 saturated carbocycles. The number of methoxy groups -OCH3 is 1. The van der Waals surface area contributed by atoms with Gasteiger partial charge in [0.1, 0.15) is 0 Å². The number of ether oxygens (including phenoxy) is 1. The zero-order valence-electron chi connectivity index (χ0n) is 16.0. The van der Waals surface area contributed by atoms with Crippen LogP contribution in [0.15, 0.2) is 51.1 Å². The monoisotopic (exact) mass is 382 g/mol. The summed E-state index contributed by atoms with van der Waals surface area (Å²) in [6.45, 7) is 2.60. The fourth-order valence-electron chi connectivity index (χ4n) is 2.68. The average Bonchev–Trinajstić information content (AvgIpc) is 3.07. The molecule has 0 bridgehead atoms. The quantitative estimate of drug-likeness (QED) is 0.477. The standard InChI is InChI=1S/C19H22N6O3/c1-13(9-10-14-7-5-4-6-8-14)22-23-18-20-16-15(25(18)11-12-28-3)17(26)21-19(27)24(16)2/h4-10H,11-12H2,1-3H3,(H,20,23)(H,21,26,27). The molecule has 2 N–H and O–H groups in total. The predicted octanol–water partition coefficient (Wildman–Crippen LogP) is 1.57. The zero-order valence-corrected chi connectivity index (χ0v) is 16.0. The van der Waals surface area contributed by atoms with Crippen LogP contribution in [0.3, 0.4) is 0 Å². The first-order chi connectivity index (χ1) is 13.5. The van der Waals surface area contributed by atoms with Crippen molar-refractivity contribution >= 4 is 28.9 Å².